The van der Waals surface area contributed by atoms with Crippen LogP contribution in [0.5, 0.6) is 0 Å². The average Bonchev–Trinajstić information content (AvgIpc) is 3.22. The number of amides is 1. The van der Waals surface area contributed by atoms with Crippen molar-refractivity contribution >= 4 is 17.2 Å². The molecule has 194 valence electrons. The highest BCUT2D eigenvalue weighted by atomic mass is 19.1. The molecule has 1 aliphatic rings. The van der Waals surface area contributed by atoms with Gasteiger partial charge >= 0.3 is 0 Å². The highest BCUT2D eigenvalue weighted by molar-refractivity contribution is 6.04. The smallest absolute Gasteiger partial charge is 0.274 e. The normalized spacial score (nSPS) is 17.8. The van der Waals surface area contributed by atoms with E-state index in [1.807, 2.05) is 45.0 Å². The average molecular weight is 508 g/mol. The molecule has 0 spiro atoms. The predicted molar refractivity (Wildman–Crippen MR) is 135 cm³/mol. The summed E-state index contributed by atoms with van der Waals surface area (Å²) in [7, 11) is 0. The first-order chi connectivity index (χ1) is 17.4. The van der Waals surface area contributed by atoms with Crippen LogP contribution in [0.1, 0.15) is 67.5 Å². The number of anilines is 1. The molecule has 0 unspecified atom stereocenters. The van der Waals surface area contributed by atoms with Crippen LogP contribution in [0.25, 0.3) is 17.0 Å². The van der Waals surface area contributed by atoms with E-state index in [-0.39, 0.29) is 11.8 Å². The summed E-state index contributed by atoms with van der Waals surface area (Å²) in [5.41, 5.74) is 2.19. The van der Waals surface area contributed by atoms with Gasteiger partial charge in [-0.1, -0.05) is 17.3 Å². The fraction of sp³-hybridized carbons (Fsp3) is 0.407. The lowest BCUT2D eigenvalue weighted by Crippen LogP contribution is -2.47. The van der Waals surface area contributed by atoms with Crippen molar-refractivity contribution in [3.63, 3.8) is 0 Å². The van der Waals surface area contributed by atoms with E-state index in [0.29, 0.717) is 47.3 Å². The van der Waals surface area contributed by atoms with Crippen molar-refractivity contribution < 1.29 is 23.6 Å². The van der Waals surface area contributed by atoms with Crippen LogP contribution in [0, 0.1) is 6.92 Å². The van der Waals surface area contributed by atoms with Crippen molar-refractivity contribution in [2.24, 2.45) is 0 Å². The summed E-state index contributed by atoms with van der Waals surface area (Å²) in [4.78, 5) is 21.9. The number of hydrogen-bond donors (Lipinski definition) is 2. The van der Waals surface area contributed by atoms with Gasteiger partial charge in [0.15, 0.2) is 0 Å². The minimum absolute atomic E-state index is 0.290. The van der Waals surface area contributed by atoms with Crippen molar-refractivity contribution in [2.75, 3.05) is 5.32 Å². The van der Waals surface area contributed by atoms with E-state index in [9.17, 15) is 14.3 Å². The first kappa shape index (κ1) is 25.0. The van der Waals surface area contributed by atoms with Gasteiger partial charge in [-0.15, -0.1) is 0 Å². The Hall–Kier alpha value is -3.63. The highest BCUT2D eigenvalue weighted by Crippen LogP contribution is 2.43. The number of ether oxygens (including phenoxy) is 1. The molecule has 1 amide bonds. The third-order valence-electron chi connectivity index (χ3n) is 7.10. The molecular weight excluding hydrogens is 477 g/mol. The Bertz CT molecular complexity index is 1470. The number of aromatic nitrogens is 4. The number of imidazole rings is 1. The van der Waals surface area contributed by atoms with E-state index >= 15 is 0 Å². The van der Waals surface area contributed by atoms with Crippen LogP contribution in [0.15, 0.2) is 47.2 Å². The Balaban J connectivity index is 1.32. The fourth-order valence-electron chi connectivity index (χ4n) is 3.73. The number of pyridine rings is 1. The number of rotatable bonds is 8. The van der Waals surface area contributed by atoms with Crippen molar-refractivity contribution in [1.82, 2.24) is 19.5 Å². The summed E-state index contributed by atoms with van der Waals surface area (Å²) in [5.74, 6) is 0.00258. The first-order valence-corrected chi connectivity index (χ1v) is 12.2. The third-order valence-corrected chi connectivity index (χ3v) is 7.10. The first-order valence-electron chi connectivity index (χ1n) is 12.2. The summed E-state index contributed by atoms with van der Waals surface area (Å²) in [6.07, 6.45) is 2.77. The lowest BCUT2D eigenvalue weighted by molar-refractivity contribution is -0.153. The molecule has 37 heavy (non-hydrogen) atoms. The Morgan fingerprint density at radius 3 is 2.73 bits per heavy atom. The van der Waals surface area contributed by atoms with Crippen molar-refractivity contribution in [3.8, 4) is 11.4 Å². The molecule has 1 fully saturated rings. The van der Waals surface area contributed by atoms with Crippen LogP contribution in [0.3, 0.4) is 0 Å². The minimum atomic E-state index is -1.01. The molecule has 3 aromatic heterocycles. The zero-order valence-electron chi connectivity index (χ0n) is 21.4. The molecule has 0 bridgehead atoms. The van der Waals surface area contributed by atoms with Crippen LogP contribution in [-0.4, -0.2) is 47.9 Å². The molecule has 1 saturated carbocycles. The van der Waals surface area contributed by atoms with Gasteiger partial charge in [0.1, 0.15) is 17.5 Å². The Labute approximate surface area is 213 Å². The van der Waals surface area contributed by atoms with Gasteiger partial charge in [0.25, 0.3) is 5.91 Å². The summed E-state index contributed by atoms with van der Waals surface area (Å²) < 4.78 is 26.2. The van der Waals surface area contributed by atoms with Crippen molar-refractivity contribution in [2.45, 2.75) is 70.9 Å². The van der Waals surface area contributed by atoms with Gasteiger partial charge in [0.05, 0.1) is 29.9 Å². The van der Waals surface area contributed by atoms with E-state index in [2.05, 4.69) is 20.4 Å². The second-order valence-corrected chi connectivity index (χ2v) is 10.6. The Morgan fingerprint density at radius 2 is 2.03 bits per heavy atom. The summed E-state index contributed by atoms with van der Waals surface area (Å²) in [6, 6.07) is 9.15. The quantitative estimate of drug-likeness (QED) is 0.351. The standard InChI is InChI=1S/C27H30FN5O4/c1-15-6-7-17(23-31-25(37-32-23)18-12-19(18)28)11-20(15)30-24(34)21-13-29-22-10-16(8-9-33(21)22)14-36-27(4,5)26(2,3)35/h6-11,13,18-19,35H,12,14H2,1-5H3,(H,30,34)/t18-,19-/m0/s1. The number of carbonyl (C=O) groups excluding carboxylic acids is 1. The SMILES string of the molecule is Cc1ccc(-c2noc([C@H]3C[C@@H]3F)n2)cc1NC(=O)c1cnc2cc(COC(C)(C)C(C)(C)O)ccn12. The zero-order chi connectivity index (χ0) is 26.5. The number of carbonyl (C=O) groups is 1. The number of halogens is 1. The largest absolute Gasteiger partial charge is 0.387 e. The number of aryl methyl sites for hydroxylation is 1. The molecule has 0 radical (unpaired) electrons. The lowest BCUT2D eigenvalue weighted by atomic mass is 9.89. The Kier molecular flexibility index (Phi) is 6.12. The van der Waals surface area contributed by atoms with E-state index in [4.69, 9.17) is 9.26 Å². The molecule has 2 N–H and O–H groups in total. The van der Waals surface area contributed by atoms with Crippen LogP contribution in [-0.2, 0) is 11.3 Å². The van der Waals surface area contributed by atoms with E-state index in [0.717, 1.165) is 11.1 Å². The molecule has 5 rings (SSSR count). The number of alkyl halides is 1. The zero-order valence-corrected chi connectivity index (χ0v) is 21.4. The molecule has 2 atom stereocenters. The third kappa shape index (κ3) is 4.99. The number of nitrogens with zero attached hydrogens (tertiary/aromatic N) is 4. The molecular formula is C27H30FN5O4. The van der Waals surface area contributed by atoms with Gasteiger partial charge in [0.2, 0.25) is 11.7 Å². The predicted octanol–water partition coefficient (Wildman–Crippen LogP) is 4.84. The van der Waals surface area contributed by atoms with Crippen molar-refractivity contribution in [3.05, 3.63) is 65.4 Å². The van der Waals surface area contributed by atoms with Gasteiger partial charge in [-0.05, 0) is 70.4 Å². The van der Waals surface area contributed by atoms with Crippen LogP contribution in [0.4, 0.5) is 10.1 Å². The van der Waals surface area contributed by atoms with Crippen LogP contribution in [0.2, 0.25) is 0 Å². The van der Waals surface area contributed by atoms with Gasteiger partial charge in [-0.3, -0.25) is 9.20 Å². The molecule has 4 aromatic rings. The molecule has 10 heteroatoms. The van der Waals surface area contributed by atoms with Gasteiger partial charge < -0.3 is 19.7 Å². The molecule has 3 heterocycles. The summed E-state index contributed by atoms with van der Waals surface area (Å²) in [5, 5.41) is 17.2. The number of nitrogens with one attached hydrogen (secondary N) is 1. The number of hydrogen-bond acceptors (Lipinski definition) is 7. The topological polar surface area (TPSA) is 115 Å². The van der Waals surface area contributed by atoms with Crippen LogP contribution >= 0.6 is 0 Å². The maximum absolute atomic E-state index is 13.3. The highest BCUT2D eigenvalue weighted by Gasteiger charge is 2.43. The number of aliphatic hydroxyl groups is 1. The van der Waals surface area contributed by atoms with Gasteiger partial charge in [-0.25, -0.2) is 9.37 Å². The Morgan fingerprint density at radius 1 is 1.27 bits per heavy atom. The van der Waals surface area contributed by atoms with Crippen molar-refractivity contribution in [1.29, 1.82) is 0 Å². The fourth-order valence-corrected chi connectivity index (χ4v) is 3.73. The molecule has 0 aliphatic heterocycles. The molecule has 1 aromatic carbocycles. The molecule has 9 nitrogen and oxygen atoms in total. The van der Waals surface area contributed by atoms with Crippen LogP contribution < -0.4 is 5.32 Å². The monoisotopic (exact) mass is 507 g/mol. The van der Waals surface area contributed by atoms with E-state index in [1.54, 1.807) is 30.5 Å². The number of benzene rings is 1. The van der Waals surface area contributed by atoms with E-state index in [1.165, 1.54) is 6.20 Å². The minimum Gasteiger partial charge on any atom is -0.387 e. The van der Waals surface area contributed by atoms with Gasteiger partial charge in [0, 0.05) is 17.4 Å². The lowest BCUT2D eigenvalue weighted by Gasteiger charge is -2.37. The molecule has 1 aliphatic carbocycles. The summed E-state index contributed by atoms with van der Waals surface area (Å²) in [6.45, 7) is 9.27. The summed E-state index contributed by atoms with van der Waals surface area (Å²) >= 11 is 0. The second kappa shape index (κ2) is 9.04. The molecule has 0 saturated heterocycles. The van der Waals surface area contributed by atoms with Gasteiger partial charge in [-0.2, -0.15) is 4.98 Å². The number of fused-ring (bicyclic) bond motifs is 1. The second-order valence-electron chi connectivity index (χ2n) is 10.6. The maximum atomic E-state index is 13.3. The maximum Gasteiger partial charge on any atom is 0.274 e. The van der Waals surface area contributed by atoms with E-state index < -0.39 is 17.4 Å².